The summed E-state index contributed by atoms with van der Waals surface area (Å²) in [7, 11) is 0. The number of nitrogens with two attached hydrogens (primary N) is 1. The van der Waals surface area contributed by atoms with Gasteiger partial charge in [-0.1, -0.05) is 0 Å². The van der Waals surface area contributed by atoms with E-state index in [9.17, 15) is 4.79 Å². The highest BCUT2D eigenvalue weighted by atomic mass is 35.5. The third kappa shape index (κ3) is 6.17. The smallest absolute Gasteiger partial charge is 0.227 e. The standard InChI is InChI=1S/C20H32N6O2.2ClH/c21-17-2-1-16(14-26(15-17)18-3-11-28-12-4-18)20(27)25-9-7-24(8-10-25)19-13-22-5-6-23-19;;/h5-6,13,16-18H,1-4,7-12,14-15,21H2;2*1H/t16-,17+;;/m1../s1. The lowest BCUT2D eigenvalue weighted by atomic mass is 9.99. The Kier molecular flexibility index (Phi) is 10.0. The second-order valence-corrected chi connectivity index (χ2v) is 8.21. The van der Waals surface area contributed by atoms with Crippen molar-refractivity contribution in [2.75, 3.05) is 57.4 Å². The first kappa shape index (κ1) is 25.1. The molecule has 0 aliphatic carbocycles. The third-order valence-corrected chi connectivity index (χ3v) is 6.33. The van der Waals surface area contributed by atoms with Crippen molar-refractivity contribution in [1.29, 1.82) is 0 Å². The molecule has 3 saturated heterocycles. The molecular formula is C20H34Cl2N6O2. The molecule has 3 fully saturated rings. The van der Waals surface area contributed by atoms with Crippen molar-refractivity contribution in [2.24, 2.45) is 11.7 Å². The first-order valence-corrected chi connectivity index (χ1v) is 10.6. The molecule has 170 valence electrons. The van der Waals surface area contributed by atoms with Gasteiger partial charge < -0.3 is 20.3 Å². The van der Waals surface area contributed by atoms with Crippen molar-refractivity contribution >= 4 is 36.5 Å². The summed E-state index contributed by atoms with van der Waals surface area (Å²) in [5, 5.41) is 0. The maximum atomic E-state index is 13.3. The van der Waals surface area contributed by atoms with Gasteiger partial charge in [-0.2, -0.15) is 0 Å². The molecule has 0 bridgehead atoms. The van der Waals surface area contributed by atoms with E-state index < -0.39 is 0 Å². The number of likely N-dealkylation sites (tertiary alicyclic amines) is 1. The summed E-state index contributed by atoms with van der Waals surface area (Å²) in [6, 6.07) is 0.663. The summed E-state index contributed by atoms with van der Waals surface area (Å²) in [6.07, 6.45) is 9.10. The molecule has 3 aliphatic heterocycles. The van der Waals surface area contributed by atoms with Gasteiger partial charge in [-0.15, -0.1) is 24.8 Å². The zero-order valence-corrected chi connectivity index (χ0v) is 19.0. The summed E-state index contributed by atoms with van der Waals surface area (Å²) in [5.41, 5.74) is 6.34. The second kappa shape index (κ2) is 12.0. The van der Waals surface area contributed by atoms with Crippen molar-refractivity contribution < 1.29 is 9.53 Å². The van der Waals surface area contributed by atoms with Crippen LogP contribution in [0, 0.1) is 5.92 Å². The van der Waals surface area contributed by atoms with Gasteiger partial charge in [-0.25, -0.2) is 4.98 Å². The predicted octanol–water partition coefficient (Wildman–Crippen LogP) is 1.19. The minimum atomic E-state index is 0. The SMILES string of the molecule is Cl.Cl.N[C@H]1CC[C@@H](C(=O)N2CCN(c3cnccn3)CC2)CN(C2CCOCC2)C1. The zero-order valence-electron chi connectivity index (χ0n) is 17.4. The Morgan fingerprint density at radius 2 is 1.73 bits per heavy atom. The Balaban J connectivity index is 0.00000160. The monoisotopic (exact) mass is 460 g/mol. The number of aromatic nitrogens is 2. The van der Waals surface area contributed by atoms with Gasteiger partial charge in [0.2, 0.25) is 5.91 Å². The summed E-state index contributed by atoms with van der Waals surface area (Å²) in [4.78, 5) is 28.5. The van der Waals surface area contributed by atoms with Crippen LogP contribution in [0.5, 0.6) is 0 Å². The van der Waals surface area contributed by atoms with Gasteiger partial charge in [-0.3, -0.25) is 14.7 Å². The van der Waals surface area contributed by atoms with Gasteiger partial charge in [0.05, 0.1) is 12.1 Å². The van der Waals surface area contributed by atoms with Crippen LogP contribution in [-0.4, -0.2) is 90.2 Å². The number of amides is 1. The molecular weight excluding hydrogens is 427 g/mol. The van der Waals surface area contributed by atoms with Gasteiger partial charge >= 0.3 is 0 Å². The lowest BCUT2D eigenvalue weighted by Crippen LogP contribution is -2.52. The Hall–Kier alpha value is -1.19. The lowest BCUT2D eigenvalue weighted by molar-refractivity contribution is -0.136. The van der Waals surface area contributed by atoms with Crippen LogP contribution in [0.1, 0.15) is 25.7 Å². The first-order chi connectivity index (χ1) is 13.7. The first-order valence-electron chi connectivity index (χ1n) is 10.6. The molecule has 2 atom stereocenters. The molecule has 0 spiro atoms. The van der Waals surface area contributed by atoms with Crippen LogP contribution in [0.15, 0.2) is 18.6 Å². The average Bonchev–Trinajstić information content (AvgIpc) is 2.96. The van der Waals surface area contributed by atoms with Gasteiger partial charge in [0.1, 0.15) is 5.82 Å². The number of carbonyl (C=O) groups is 1. The summed E-state index contributed by atoms with van der Waals surface area (Å²) in [5.74, 6) is 1.24. The molecule has 1 aromatic rings. The van der Waals surface area contributed by atoms with E-state index in [4.69, 9.17) is 10.5 Å². The topological polar surface area (TPSA) is 87.8 Å². The van der Waals surface area contributed by atoms with Crippen LogP contribution in [-0.2, 0) is 9.53 Å². The Labute approximate surface area is 191 Å². The molecule has 0 unspecified atom stereocenters. The molecule has 10 heteroatoms. The van der Waals surface area contributed by atoms with Crippen LogP contribution in [0.2, 0.25) is 0 Å². The molecule has 0 saturated carbocycles. The minimum absolute atomic E-state index is 0. The second-order valence-electron chi connectivity index (χ2n) is 8.21. The van der Waals surface area contributed by atoms with E-state index in [1.54, 1.807) is 18.6 Å². The lowest BCUT2D eigenvalue weighted by Gasteiger charge is -2.38. The van der Waals surface area contributed by atoms with Gasteiger partial charge in [0.25, 0.3) is 0 Å². The Bertz CT molecular complexity index is 641. The molecule has 2 N–H and O–H groups in total. The zero-order chi connectivity index (χ0) is 19.3. The number of piperazine rings is 1. The normalized spacial score (nSPS) is 26.3. The highest BCUT2D eigenvalue weighted by Crippen LogP contribution is 2.24. The highest BCUT2D eigenvalue weighted by molar-refractivity contribution is 5.85. The fourth-order valence-electron chi connectivity index (χ4n) is 4.68. The highest BCUT2D eigenvalue weighted by Gasteiger charge is 2.34. The van der Waals surface area contributed by atoms with E-state index in [1.807, 2.05) is 4.90 Å². The van der Waals surface area contributed by atoms with E-state index in [-0.39, 0.29) is 36.8 Å². The minimum Gasteiger partial charge on any atom is -0.381 e. The number of carbonyl (C=O) groups excluding carboxylic acids is 1. The maximum absolute atomic E-state index is 13.3. The molecule has 0 radical (unpaired) electrons. The Morgan fingerprint density at radius 3 is 2.40 bits per heavy atom. The number of rotatable bonds is 3. The van der Waals surface area contributed by atoms with E-state index >= 15 is 0 Å². The van der Waals surface area contributed by atoms with Crippen molar-refractivity contribution in [3.05, 3.63) is 18.6 Å². The van der Waals surface area contributed by atoms with Crippen LogP contribution in [0.25, 0.3) is 0 Å². The molecule has 4 heterocycles. The van der Waals surface area contributed by atoms with Gasteiger partial charge in [0.15, 0.2) is 0 Å². The van der Waals surface area contributed by atoms with Crippen molar-refractivity contribution in [3.63, 3.8) is 0 Å². The van der Waals surface area contributed by atoms with Crippen LogP contribution in [0.3, 0.4) is 0 Å². The molecule has 0 aromatic carbocycles. The van der Waals surface area contributed by atoms with E-state index in [2.05, 4.69) is 19.8 Å². The fraction of sp³-hybridized carbons (Fsp3) is 0.750. The number of anilines is 1. The summed E-state index contributed by atoms with van der Waals surface area (Å²) >= 11 is 0. The quantitative estimate of drug-likeness (QED) is 0.724. The largest absolute Gasteiger partial charge is 0.381 e. The molecule has 3 aliphatic rings. The number of halogens is 2. The molecule has 30 heavy (non-hydrogen) atoms. The van der Waals surface area contributed by atoms with Crippen molar-refractivity contribution in [3.8, 4) is 0 Å². The van der Waals surface area contributed by atoms with E-state index in [0.29, 0.717) is 11.9 Å². The van der Waals surface area contributed by atoms with E-state index in [0.717, 1.165) is 84.0 Å². The number of nitrogens with zero attached hydrogens (tertiary/aromatic N) is 5. The van der Waals surface area contributed by atoms with Crippen molar-refractivity contribution in [1.82, 2.24) is 19.8 Å². The van der Waals surface area contributed by atoms with Crippen molar-refractivity contribution in [2.45, 2.75) is 37.8 Å². The average molecular weight is 461 g/mol. The number of hydrogen-bond donors (Lipinski definition) is 1. The van der Waals surface area contributed by atoms with Gasteiger partial charge in [-0.05, 0) is 25.7 Å². The summed E-state index contributed by atoms with van der Waals surface area (Å²) in [6.45, 7) is 6.47. The van der Waals surface area contributed by atoms with Gasteiger partial charge in [0, 0.05) is 77.0 Å². The third-order valence-electron chi connectivity index (χ3n) is 6.33. The van der Waals surface area contributed by atoms with E-state index in [1.165, 1.54) is 0 Å². The van der Waals surface area contributed by atoms with Crippen LogP contribution >= 0.6 is 24.8 Å². The summed E-state index contributed by atoms with van der Waals surface area (Å²) < 4.78 is 5.52. The Morgan fingerprint density at radius 1 is 1.00 bits per heavy atom. The maximum Gasteiger partial charge on any atom is 0.227 e. The van der Waals surface area contributed by atoms with Crippen LogP contribution in [0.4, 0.5) is 5.82 Å². The molecule has 1 amide bonds. The molecule has 4 rings (SSSR count). The number of hydrogen-bond acceptors (Lipinski definition) is 7. The molecule has 8 nitrogen and oxygen atoms in total. The predicted molar refractivity (Wildman–Crippen MR) is 121 cm³/mol. The molecule has 1 aromatic heterocycles. The fourth-order valence-corrected chi connectivity index (χ4v) is 4.68. The number of ether oxygens (including phenoxy) is 1. The van der Waals surface area contributed by atoms with Crippen LogP contribution < -0.4 is 10.6 Å².